The predicted molar refractivity (Wildman–Crippen MR) is 41.5 cm³/mol. The van der Waals surface area contributed by atoms with Gasteiger partial charge in [-0.1, -0.05) is 0 Å². The van der Waals surface area contributed by atoms with Gasteiger partial charge in [0.15, 0.2) is 0 Å². The monoisotopic (exact) mass is 175 g/mol. The second kappa shape index (κ2) is 5.54. The number of nitrogens with two attached hydrogens (primary N) is 1. The molecule has 12 heavy (non-hydrogen) atoms. The summed E-state index contributed by atoms with van der Waals surface area (Å²) in [7, 11) is 0. The molecular weight excluding hydrogens is 162 g/mol. The minimum Gasteiger partial charge on any atom is -0.481 e. The van der Waals surface area contributed by atoms with Crippen LogP contribution in [-0.2, 0) is 14.3 Å². The van der Waals surface area contributed by atoms with Crippen molar-refractivity contribution in [2.75, 3.05) is 6.61 Å². The van der Waals surface area contributed by atoms with Crippen molar-refractivity contribution in [3.63, 3.8) is 0 Å². The SMILES string of the molecule is CC(=O)OCCC(N)CC(=O)O. The average Bonchev–Trinajstić information content (AvgIpc) is 1.84. The van der Waals surface area contributed by atoms with Gasteiger partial charge in [0.05, 0.1) is 13.0 Å². The molecule has 0 aliphatic carbocycles. The van der Waals surface area contributed by atoms with E-state index in [1.165, 1.54) is 6.92 Å². The lowest BCUT2D eigenvalue weighted by atomic mass is 10.2. The van der Waals surface area contributed by atoms with E-state index in [4.69, 9.17) is 10.8 Å². The van der Waals surface area contributed by atoms with Crippen LogP contribution in [0.15, 0.2) is 0 Å². The summed E-state index contributed by atoms with van der Waals surface area (Å²) in [5.74, 6) is -1.32. The maximum Gasteiger partial charge on any atom is 0.304 e. The standard InChI is InChI=1S/C7H13NO4/c1-5(9)12-3-2-6(8)4-7(10)11/h6H,2-4,8H2,1H3,(H,10,11). The normalized spacial score (nSPS) is 12.2. The van der Waals surface area contributed by atoms with Crippen molar-refractivity contribution in [3.8, 4) is 0 Å². The summed E-state index contributed by atoms with van der Waals surface area (Å²) >= 11 is 0. The van der Waals surface area contributed by atoms with E-state index < -0.39 is 12.0 Å². The first-order valence-electron chi connectivity index (χ1n) is 3.63. The van der Waals surface area contributed by atoms with Crippen molar-refractivity contribution in [3.05, 3.63) is 0 Å². The average molecular weight is 175 g/mol. The molecule has 1 unspecified atom stereocenters. The van der Waals surface area contributed by atoms with Crippen molar-refractivity contribution < 1.29 is 19.4 Å². The number of carboxylic acids is 1. The van der Waals surface area contributed by atoms with Crippen LogP contribution >= 0.6 is 0 Å². The lowest BCUT2D eigenvalue weighted by Crippen LogP contribution is -2.25. The molecule has 0 spiro atoms. The molecule has 70 valence electrons. The van der Waals surface area contributed by atoms with Crippen LogP contribution in [0, 0.1) is 0 Å². The van der Waals surface area contributed by atoms with Gasteiger partial charge in [-0.3, -0.25) is 9.59 Å². The van der Waals surface area contributed by atoms with Crippen LogP contribution in [0.1, 0.15) is 19.8 Å². The molecule has 0 radical (unpaired) electrons. The molecule has 3 N–H and O–H groups in total. The first-order chi connectivity index (χ1) is 5.52. The highest BCUT2D eigenvalue weighted by Crippen LogP contribution is 1.95. The fraction of sp³-hybridized carbons (Fsp3) is 0.714. The highest BCUT2D eigenvalue weighted by atomic mass is 16.5. The Morgan fingerprint density at radius 1 is 1.58 bits per heavy atom. The van der Waals surface area contributed by atoms with Crippen LogP contribution in [0.3, 0.4) is 0 Å². The Morgan fingerprint density at radius 3 is 2.58 bits per heavy atom. The van der Waals surface area contributed by atoms with E-state index in [0.29, 0.717) is 6.42 Å². The fourth-order valence-electron chi connectivity index (χ4n) is 0.680. The van der Waals surface area contributed by atoms with Gasteiger partial charge in [-0.15, -0.1) is 0 Å². The first kappa shape index (κ1) is 10.9. The molecular formula is C7H13NO4. The molecule has 0 rings (SSSR count). The second-order valence-electron chi connectivity index (χ2n) is 2.49. The zero-order valence-corrected chi connectivity index (χ0v) is 6.95. The van der Waals surface area contributed by atoms with E-state index in [1.54, 1.807) is 0 Å². The number of aliphatic carboxylic acids is 1. The summed E-state index contributed by atoms with van der Waals surface area (Å²) in [4.78, 5) is 20.4. The van der Waals surface area contributed by atoms with E-state index in [9.17, 15) is 9.59 Å². The zero-order valence-electron chi connectivity index (χ0n) is 6.95. The smallest absolute Gasteiger partial charge is 0.304 e. The molecule has 0 aromatic carbocycles. The van der Waals surface area contributed by atoms with Gasteiger partial charge in [0, 0.05) is 13.0 Å². The molecule has 0 heterocycles. The molecule has 0 aliphatic rings. The number of carboxylic acid groups (broad SMARTS) is 1. The molecule has 0 saturated heterocycles. The maximum absolute atomic E-state index is 10.3. The third-order valence-corrected chi connectivity index (χ3v) is 1.23. The summed E-state index contributed by atoms with van der Waals surface area (Å²) in [5, 5.41) is 8.30. The Morgan fingerprint density at radius 2 is 2.17 bits per heavy atom. The Kier molecular flexibility index (Phi) is 5.03. The van der Waals surface area contributed by atoms with Crippen molar-refractivity contribution in [1.29, 1.82) is 0 Å². The minimum absolute atomic E-state index is 0.0960. The lowest BCUT2D eigenvalue weighted by Gasteiger charge is -2.07. The highest BCUT2D eigenvalue weighted by Gasteiger charge is 2.07. The molecule has 0 aliphatic heterocycles. The van der Waals surface area contributed by atoms with Gasteiger partial charge in [0.25, 0.3) is 0 Å². The Bertz CT molecular complexity index is 169. The number of rotatable bonds is 5. The lowest BCUT2D eigenvalue weighted by molar-refractivity contribution is -0.141. The molecule has 0 bridgehead atoms. The minimum atomic E-state index is -0.940. The molecule has 0 aromatic rings. The van der Waals surface area contributed by atoms with Crippen LogP contribution in [0.2, 0.25) is 0 Å². The van der Waals surface area contributed by atoms with Gasteiger partial charge in [-0.2, -0.15) is 0 Å². The van der Waals surface area contributed by atoms with Crippen LogP contribution in [-0.4, -0.2) is 29.7 Å². The maximum atomic E-state index is 10.3. The number of hydrogen-bond acceptors (Lipinski definition) is 4. The predicted octanol–water partition coefficient (Wildman–Crippen LogP) is -0.258. The number of carbonyl (C=O) groups excluding carboxylic acids is 1. The Balaban J connectivity index is 3.37. The summed E-state index contributed by atoms with van der Waals surface area (Å²) in [5.41, 5.74) is 5.39. The zero-order chi connectivity index (χ0) is 9.56. The molecule has 5 heteroatoms. The third kappa shape index (κ3) is 7.01. The molecule has 0 amide bonds. The quantitative estimate of drug-likeness (QED) is 0.562. The van der Waals surface area contributed by atoms with Gasteiger partial charge in [0.1, 0.15) is 0 Å². The molecule has 0 fully saturated rings. The van der Waals surface area contributed by atoms with Crippen LogP contribution in [0.25, 0.3) is 0 Å². The van der Waals surface area contributed by atoms with E-state index in [-0.39, 0.29) is 19.0 Å². The van der Waals surface area contributed by atoms with E-state index in [2.05, 4.69) is 4.74 Å². The third-order valence-electron chi connectivity index (χ3n) is 1.23. The van der Waals surface area contributed by atoms with Gasteiger partial charge in [-0.25, -0.2) is 0 Å². The van der Waals surface area contributed by atoms with Gasteiger partial charge >= 0.3 is 11.9 Å². The van der Waals surface area contributed by atoms with Gasteiger partial charge < -0.3 is 15.6 Å². The molecule has 0 saturated carbocycles. The van der Waals surface area contributed by atoms with Crippen LogP contribution in [0.4, 0.5) is 0 Å². The number of ether oxygens (including phenoxy) is 1. The molecule has 5 nitrogen and oxygen atoms in total. The van der Waals surface area contributed by atoms with Gasteiger partial charge in [0.2, 0.25) is 0 Å². The summed E-state index contributed by atoms with van der Waals surface area (Å²) in [6, 6.07) is -0.443. The fourth-order valence-corrected chi connectivity index (χ4v) is 0.680. The summed E-state index contributed by atoms with van der Waals surface area (Å²) < 4.78 is 4.58. The summed E-state index contributed by atoms with van der Waals surface area (Å²) in [6.45, 7) is 1.48. The molecule has 0 aromatic heterocycles. The van der Waals surface area contributed by atoms with Gasteiger partial charge in [-0.05, 0) is 6.42 Å². The topological polar surface area (TPSA) is 89.6 Å². The van der Waals surface area contributed by atoms with Crippen LogP contribution < -0.4 is 5.73 Å². The largest absolute Gasteiger partial charge is 0.481 e. The van der Waals surface area contributed by atoms with E-state index >= 15 is 0 Å². The summed E-state index contributed by atoms with van der Waals surface area (Å²) in [6.07, 6.45) is 0.285. The van der Waals surface area contributed by atoms with Crippen molar-refractivity contribution in [2.45, 2.75) is 25.8 Å². The van der Waals surface area contributed by atoms with E-state index in [1.807, 2.05) is 0 Å². The first-order valence-corrected chi connectivity index (χ1v) is 3.63. The van der Waals surface area contributed by atoms with E-state index in [0.717, 1.165) is 0 Å². The number of esters is 1. The number of carbonyl (C=O) groups is 2. The Hall–Kier alpha value is -1.10. The Labute approximate surface area is 70.5 Å². The van der Waals surface area contributed by atoms with Crippen molar-refractivity contribution in [2.24, 2.45) is 5.73 Å². The second-order valence-corrected chi connectivity index (χ2v) is 2.49. The number of hydrogen-bond donors (Lipinski definition) is 2. The highest BCUT2D eigenvalue weighted by molar-refractivity contribution is 5.67. The van der Waals surface area contributed by atoms with Crippen molar-refractivity contribution >= 4 is 11.9 Å². The molecule has 1 atom stereocenters. The van der Waals surface area contributed by atoms with Crippen LogP contribution in [0.5, 0.6) is 0 Å². The van der Waals surface area contributed by atoms with Crippen molar-refractivity contribution in [1.82, 2.24) is 0 Å².